The van der Waals surface area contributed by atoms with Gasteiger partial charge in [0.2, 0.25) is 0 Å². The second kappa shape index (κ2) is 5.46. The van der Waals surface area contributed by atoms with E-state index in [0.717, 1.165) is 30.1 Å². The molecule has 1 unspecified atom stereocenters. The molecule has 0 spiro atoms. The number of likely N-dealkylation sites (tertiary alicyclic amines) is 1. The molecular formula is C15H21NO. The van der Waals surface area contributed by atoms with E-state index in [1.807, 2.05) is 31.2 Å². The first kappa shape index (κ1) is 12.3. The lowest BCUT2D eigenvalue weighted by Crippen LogP contribution is -2.38. The van der Waals surface area contributed by atoms with Gasteiger partial charge in [0.1, 0.15) is 0 Å². The quantitative estimate of drug-likeness (QED) is 0.745. The molecule has 0 bridgehead atoms. The Balaban J connectivity index is 1.99. The monoisotopic (exact) mass is 231 g/mol. The standard InChI is InChI=1S/C15H21NO/c1-12-6-5-9-16(10-12)11-15(17)14-8-4-3-7-13(14)2/h3-4,7-8,12H,5-6,9-11H2,1-2H3. The fourth-order valence-corrected chi connectivity index (χ4v) is 2.60. The molecule has 0 aromatic heterocycles. The first-order valence-corrected chi connectivity index (χ1v) is 6.48. The van der Waals surface area contributed by atoms with Gasteiger partial charge in [0, 0.05) is 12.1 Å². The maximum absolute atomic E-state index is 12.2. The number of nitrogens with zero attached hydrogens (tertiary/aromatic N) is 1. The van der Waals surface area contributed by atoms with Gasteiger partial charge in [-0.05, 0) is 37.8 Å². The minimum absolute atomic E-state index is 0.261. The Morgan fingerprint density at radius 2 is 2.18 bits per heavy atom. The van der Waals surface area contributed by atoms with Gasteiger partial charge in [-0.1, -0.05) is 31.2 Å². The van der Waals surface area contributed by atoms with Crippen LogP contribution in [-0.4, -0.2) is 30.3 Å². The van der Waals surface area contributed by atoms with Crippen molar-refractivity contribution in [3.05, 3.63) is 35.4 Å². The Kier molecular flexibility index (Phi) is 3.95. The normalized spacial score (nSPS) is 21.4. The lowest BCUT2D eigenvalue weighted by molar-refractivity contribution is 0.0892. The molecule has 2 heteroatoms. The Hall–Kier alpha value is -1.15. The van der Waals surface area contributed by atoms with Crippen LogP contribution in [0.4, 0.5) is 0 Å². The molecular weight excluding hydrogens is 210 g/mol. The number of rotatable bonds is 3. The highest BCUT2D eigenvalue weighted by atomic mass is 16.1. The Labute approximate surface area is 104 Å². The number of carbonyl (C=O) groups is 1. The van der Waals surface area contributed by atoms with Crippen molar-refractivity contribution in [2.24, 2.45) is 5.92 Å². The van der Waals surface area contributed by atoms with Crippen LogP contribution in [0.3, 0.4) is 0 Å². The van der Waals surface area contributed by atoms with Gasteiger partial charge in [0.25, 0.3) is 0 Å². The van der Waals surface area contributed by atoms with Crippen LogP contribution in [0.25, 0.3) is 0 Å². The van der Waals surface area contributed by atoms with Gasteiger partial charge in [-0.3, -0.25) is 9.69 Å². The summed E-state index contributed by atoms with van der Waals surface area (Å²) in [5, 5.41) is 0. The smallest absolute Gasteiger partial charge is 0.177 e. The summed E-state index contributed by atoms with van der Waals surface area (Å²) >= 11 is 0. The fraction of sp³-hybridized carbons (Fsp3) is 0.533. The molecule has 0 aliphatic carbocycles. The van der Waals surface area contributed by atoms with E-state index in [1.165, 1.54) is 12.8 Å². The van der Waals surface area contributed by atoms with E-state index >= 15 is 0 Å². The third kappa shape index (κ3) is 3.16. The molecule has 1 fully saturated rings. The van der Waals surface area contributed by atoms with E-state index in [1.54, 1.807) is 0 Å². The highest BCUT2D eigenvalue weighted by Gasteiger charge is 2.19. The van der Waals surface area contributed by atoms with E-state index < -0.39 is 0 Å². The minimum atomic E-state index is 0.261. The number of ketones is 1. The zero-order valence-corrected chi connectivity index (χ0v) is 10.8. The molecule has 1 aliphatic heterocycles. The Bertz CT molecular complexity index is 400. The molecule has 17 heavy (non-hydrogen) atoms. The summed E-state index contributed by atoms with van der Waals surface area (Å²) in [4.78, 5) is 14.5. The van der Waals surface area contributed by atoms with E-state index in [-0.39, 0.29) is 5.78 Å². The van der Waals surface area contributed by atoms with Crippen LogP contribution in [0.15, 0.2) is 24.3 Å². The maximum Gasteiger partial charge on any atom is 0.177 e. The van der Waals surface area contributed by atoms with Crippen LogP contribution < -0.4 is 0 Å². The van der Waals surface area contributed by atoms with Crippen LogP contribution >= 0.6 is 0 Å². The summed E-state index contributed by atoms with van der Waals surface area (Å²) in [6.07, 6.45) is 2.53. The molecule has 0 saturated carbocycles. The van der Waals surface area contributed by atoms with Gasteiger partial charge in [-0.2, -0.15) is 0 Å². The molecule has 0 N–H and O–H groups in total. The molecule has 0 amide bonds. The van der Waals surface area contributed by atoms with Crippen molar-refractivity contribution in [2.75, 3.05) is 19.6 Å². The lowest BCUT2D eigenvalue weighted by Gasteiger charge is -2.30. The maximum atomic E-state index is 12.2. The van der Waals surface area contributed by atoms with Crippen LogP contribution in [0, 0.1) is 12.8 Å². The van der Waals surface area contributed by atoms with E-state index in [0.29, 0.717) is 6.54 Å². The molecule has 0 radical (unpaired) electrons. The summed E-state index contributed by atoms with van der Waals surface area (Å²) < 4.78 is 0. The van der Waals surface area contributed by atoms with Crippen molar-refractivity contribution in [3.63, 3.8) is 0 Å². The lowest BCUT2D eigenvalue weighted by atomic mass is 9.99. The molecule has 1 aromatic rings. The van der Waals surface area contributed by atoms with Gasteiger partial charge in [0.15, 0.2) is 5.78 Å². The van der Waals surface area contributed by atoms with Gasteiger partial charge < -0.3 is 0 Å². The largest absolute Gasteiger partial charge is 0.296 e. The van der Waals surface area contributed by atoms with Crippen LogP contribution in [0.5, 0.6) is 0 Å². The summed E-state index contributed by atoms with van der Waals surface area (Å²) in [5.74, 6) is 0.991. The van der Waals surface area contributed by atoms with E-state index in [4.69, 9.17) is 0 Å². The van der Waals surface area contributed by atoms with E-state index in [2.05, 4.69) is 11.8 Å². The zero-order chi connectivity index (χ0) is 12.3. The average molecular weight is 231 g/mol. The minimum Gasteiger partial charge on any atom is -0.296 e. The van der Waals surface area contributed by atoms with Crippen molar-refractivity contribution < 1.29 is 4.79 Å². The predicted octanol–water partition coefficient (Wildman–Crippen LogP) is 2.91. The van der Waals surface area contributed by atoms with Gasteiger partial charge in [-0.15, -0.1) is 0 Å². The van der Waals surface area contributed by atoms with Crippen molar-refractivity contribution in [3.8, 4) is 0 Å². The average Bonchev–Trinajstić information content (AvgIpc) is 2.29. The fourth-order valence-electron chi connectivity index (χ4n) is 2.60. The predicted molar refractivity (Wildman–Crippen MR) is 70.3 cm³/mol. The Morgan fingerprint density at radius 3 is 2.88 bits per heavy atom. The molecule has 1 atom stereocenters. The van der Waals surface area contributed by atoms with Gasteiger partial charge in [-0.25, -0.2) is 0 Å². The van der Waals surface area contributed by atoms with Crippen molar-refractivity contribution in [2.45, 2.75) is 26.7 Å². The second-order valence-electron chi connectivity index (χ2n) is 5.22. The number of aryl methyl sites for hydroxylation is 1. The summed E-state index contributed by atoms with van der Waals surface area (Å²) in [6.45, 7) is 6.99. The number of piperidine rings is 1. The van der Waals surface area contributed by atoms with Gasteiger partial charge in [0.05, 0.1) is 6.54 Å². The first-order chi connectivity index (χ1) is 8.16. The Morgan fingerprint density at radius 1 is 1.41 bits per heavy atom. The molecule has 1 aromatic carbocycles. The molecule has 1 saturated heterocycles. The van der Waals surface area contributed by atoms with Gasteiger partial charge >= 0.3 is 0 Å². The summed E-state index contributed by atoms with van der Waals surface area (Å²) in [6, 6.07) is 7.87. The highest BCUT2D eigenvalue weighted by molar-refractivity contribution is 5.98. The summed E-state index contributed by atoms with van der Waals surface area (Å²) in [7, 11) is 0. The van der Waals surface area contributed by atoms with Crippen LogP contribution in [0.2, 0.25) is 0 Å². The number of benzene rings is 1. The van der Waals surface area contributed by atoms with Crippen molar-refractivity contribution in [1.29, 1.82) is 0 Å². The second-order valence-corrected chi connectivity index (χ2v) is 5.22. The molecule has 2 rings (SSSR count). The third-order valence-corrected chi connectivity index (χ3v) is 3.55. The number of carbonyl (C=O) groups excluding carboxylic acids is 1. The molecule has 1 aliphatic rings. The zero-order valence-electron chi connectivity index (χ0n) is 10.8. The van der Waals surface area contributed by atoms with Crippen LogP contribution in [0.1, 0.15) is 35.7 Å². The van der Waals surface area contributed by atoms with Crippen molar-refractivity contribution in [1.82, 2.24) is 4.90 Å². The molecule has 1 heterocycles. The van der Waals surface area contributed by atoms with E-state index in [9.17, 15) is 4.79 Å². The first-order valence-electron chi connectivity index (χ1n) is 6.48. The molecule has 92 valence electrons. The highest BCUT2D eigenvalue weighted by Crippen LogP contribution is 2.16. The van der Waals surface area contributed by atoms with Crippen LogP contribution in [-0.2, 0) is 0 Å². The number of hydrogen-bond donors (Lipinski definition) is 0. The number of Topliss-reactive ketones (excluding diaryl/α,β-unsaturated/α-hetero) is 1. The number of hydrogen-bond acceptors (Lipinski definition) is 2. The van der Waals surface area contributed by atoms with Crippen molar-refractivity contribution >= 4 is 5.78 Å². The SMILES string of the molecule is Cc1ccccc1C(=O)CN1CCCC(C)C1. The summed E-state index contributed by atoms with van der Waals surface area (Å²) in [5.41, 5.74) is 1.97. The topological polar surface area (TPSA) is 20.3 Å². The third-order valence-electron chi connectivity index (χ3n) is 3.55. The molecule has 2 nitrogen and oxygen atoms in total.